The van der Waals surface area contributed by atoms with E-state index in [-0.39, 0.29) is 24.0 Å². The van der Waals surface area contributed by atoms with Gasteiger partial charge in [-0.25, -0.2) is 0 Å². The van der Waals surface area contributed by atoms with Gasteiger partial charge in [-0.2, -0.15) is 5.26 Å². The zero-order chi connectivity index (χ0) is 11.4. The highest BCUT2D eigenvalue weighted by Gasteiger charge is 2.35. The molecule has 3 unspecified atom stereocenters. The van der Waals surface area contributed by atoms with Crippen LogP contribution in [0.5, 0.6) is 0 Å². The molecule has 1 heterocycles. The third-order valence-corrected chi connectivity index (χ3v) is 3.04. The Hall–Kier alpha value is -1.08. The van der Waals surface area contributed by atoms with Gasteiger partial charge >= 0.3 is 0 Å². The predicted octanol–water partition coefficient (Wildman–Crippen LogP) is 1.17. The van der Waals surface area contributed by atoms with E-state index in [1.807, 2.05) is 6.92 Å². The highest BCUT2D eigenvalue weighted by molar-refractivity contribution is 5.80. The van der Waals surface area contributed by atoms with Crippen molar-refractivity contribution in [3.05, 3.63) is 0 Å². The molecule has 1 fully saturated rings. The van der Waals surface area contributed by atoms with E-state index >= 15 is 0 Å². The van der Waals surface area contributed by atoms with Crippen molar-refractivity contribution < 1.29 is 9.53 Å². The molecule has 4 heteroatoms. The lowest BCUT2D eigenvalue weighted by Gasteiger charge is -2.25. The Morgan fingerprint density at radius 1 is 1.73 bits per heavy atom. The first-order chi connectivity index (χ1) is 7.11. The molecule has 0 aliphatic carbocycles. The Labute approximate surface area is 90.8 Å². The van der Waals surface area contributed by atoms with E-state index in [4.69, 9.17) is 10.00 Å². The van der Waals surface area contributed by atoms with Gasteiger partial charge in [0.05, 0.1) is 18.1 Å². The van der Waals surface area contributed by atoms with Gasteiger partial charge in [-0.3, -0.25) is 4.79 Å². The summed E-state index contributed by atoms with van der Waals surface area (Å²) in [5.41, 5.74) is 0. The van der Waals surface area contributed by atoms with Crippen molar-refractivity contribution in [3.8, 4) is 6.07 Å². The fourth-order valence-corrected chi connectivity index (χ4v) is 1.87. The van der Waals surface area contributed by atoms with Crippen molar-refractivity contribution in [3.63, 3.8) is 0 Å². The molecule has 1 aliphatic heterocycles. The van der Waals surface area contributed by atoms with Crippen LogP contribution < -0.4 is 0 Å². The number of nitriles is 1. The second kappa shape index (κ2) is 5.13. The highest BCUT2D eigenvalue weighted by atomic mass is 16.5. The molecule has 0 spiro atoms. The second-order valence-corrected chi connectivity index (χ2v) is 3.97. The molecule has 15 heavy (non-hydrogen) atoms. The SMILES string of the molecule is CCC1OCCC1C(=O)N(C)C(C)C#N. The summed E-state index contributed by atoms with van der Waals surface area (Å²) in [6.45, 7) is 4.41. The summed E-state index contributed by atoms with van der Waals surface area (Å²) >= 11 is 0. The Morgan fingerprint density at radius 3 is 2.93 bits per heavy atom. The molecule has 84 valence electrons. The van der Waals surface area contributed by atoms with Crippen LogP contribution in [0.4, 0.5) is 0 Å². The summed E-state index contributed by atoms with van der Waals surface area (Å²) in [7, 11) is 1.68. The molecule has 0 saturated carbocycles. The minimum absolute atomic E-state index is 0.0332. The van der Waals surface area contributed by atoms with E-state index in [0.717, 1.165) is 12.8 Å². The average Bonchev–Trinajstić information content (AvgIpc) is 2.73. The third-order valence-electron chi connectivity index (χ3n) is 3.04. The second-order valence-electron chi connectivity index (χ2n) is 3.97. The predicted molar refractivity (Wildman–Crippen MR) is 56.0 cm³/mol. The summed E-state index contributed by atoms with van der Waals surface area (Å²) in [5, 5.41) is 8.74. The maximum Gasteiger partial charge on any atom is 0.229 e. The molecule has 1 rings (SSSR count). The maximum absolute atomic E-state index is 12.0. The normalized spacial score (nSPS) is 27.1. The topological polar surface area (TPSA) is 53.3 Å². The van der Waals surface area contributed by atoms with Crippen LogP contribution in [0.3, 0.4) is 0 Å². The smallest absolute Gasteiger partial charge is 0.229 e. The van der Waals surface area contributed by atoms with Gasteiger partial charge in [0.25, 0.3) is 0 Å². The molecule has 0 N–H and O–H groups in total. The van der Waals surface area contributed by atoms with Crippen LogP contribution >= 0.6 is 0 Å². The molecule has 1 saturated heterocycles. The van der Waals surface area contributed by atoms with Crippen molar-refractivity contribution >= 4 is 5.91 Å². The van der Waals surface area contributed by atoms with Crippen LogP contribution in [-0.4, -0.2) is 36.6 Å². The van der Waals surface area contributed by atoms with Crippen LogP contribution in [0, 0.1) is 17.2 Å². The summed E-state index contributed by atoms with van der Waals surface area (Å²) < 4.78 is 5.47. The number of hydrogen-bond donors (Lipinski definition) is 0. The Bertz CT molecular complexity index is 272. The number of amides is 1. The first-order valence-electron chi connectivity index (χ1n) is 5.39. The molecule has 1 amide bonds. The van der Waals surface area contributed by atoms with Crippen LogP contribution in [0.25, 0.3) is 0 Å². The average molecular weight is 210 g/mol. The van der Waals surface area contributed by atoms with Gasteiger partial charge < -0.3 is 9.64 Å². The number of carbonyl (C=O) groups excluding carboxylic acids is 1. The number of hydrogen-bond acceptors (Lipinski definition) is 3. The maximum atomic E-state index is 12.0. The molecule has 0 aromatic carbocycles. The molecule has 0 aromatic heterocycles. The molecule has 3 atom stereocenters. The van der Waals surface area contributed by atoms with Crippen LogP contribution in [0.15, 0.2) is 0 Å². The molecule has 1 aliphatic rings. The van der Waals surface area contributed by atoms with E-state index in [9.17, 15) is 4.79 Å². The van der Waals surface area contributed by atoms with Gasteiger partial charge in [0.15, 0.2) is 0 Å². The Morgan fingerprint density at radius 2 is 2.40 bits per heavy atom. The van der Waals surface area contributed by atoms with Gasteiger partial charge in [-0.15, -0.1) is 0 Å². The zero-order valence-electron chi connectivity index (χ0n) is 9.56. The van der Waals surface area contributed by atoms with Crippen molar-refractivity contribution in [1.29, 1.82) is 5.26 Å². The van der Waals surface area contributed by atoms with Crippen molar-refractivity contribution in [2.75, 3.05) is 13.7 Å². The van der Waals surface area contributed by atoms with Crippen molar-refractivity contribution in [1.82, 2.24) is 4.90 Å². The molecular formula is C11H18N2O2. The van der Waals surface area contributed by atoms with Crippen LogP contribution in [0.2, 0.25) is 0 Å². The molecular weight excluding hydrogens is 192 g/mol. The minimum Gasteiger partial charge on any atom is -0.377 e. The van der Waals surface area contributed by atoms with Gasteiger partial charge in [0.2, 0.25) is 5.91 Å². The van der Waals surface area contributed by atoms with Crippen LogP contribution in [-0.2, 0) is 9.53 Å². The number of rotatable bonds is 3. The summed E-state index contributed by atoms with van der Waals surface area (Å²) in [6.07, 6.45) is 1.66. The quantitative estimate of drug-likeness (QED) is 0.702. The fourth-order valence-electron chi connectivity index (χ4n) is 1.87. The van der Waals surface area contributed by atoms with Crippen molar-refractivity contribution in [2.24, 2.45) is 5.92 Å². The van der Waals surface area contributed by atoms with E-state index in [0.29, 0.717) is 6.61 Å². The lowest BCUT2D eigenvalue weighted by molar-refractivity contribution is -0.136. The Balaban J connectivity index is 2.64. The number of carbonyl (C=O) groups is 1. The monoisotopic (exact) mass is 210 g/mol. The summed E-state index contributed by atoms with van der Waals surface area (Å²) in [4.78, 5) is 13.5. The van der Waals surface area contributed by atoms with Crippen LogP contribution in [0.1, 0.15) is 26.7 Å². The van der Waals surface area contributed by atoms with Crippen molar-refractivity contribution in [2.45, 2.75) is 38.8 Å². The third kappa shape index (κ3) is 2.48. The van der Waals surface area contributed by atoms with E-state index in [2.05, 4.69) is 6.07 Å². The van der Waals surface area contributed by atoms with Gasteiger partial charge in [0.1, 0.15) is 6.04 Å². The first-order valence-corrected chi connectivity index (χ1v) is 5.39. The van der Waals surface area contributed by atoms with Gasteiger partial charge in [-0.1, -0.05) is 6.92 Å². The lowest BCUT2D eigenvalue weighted by Crippen LogP contribution is -2.41. The van der Waals surface area contributed by atoms with E-state index < -0.39 is 0 Å². The van der Waals surface area contributed by atoms with Gasteiger partial charge in [-0.05, 0) is 19.8 Å². The Kier molecular flexibility index (Phi) is 4.10. The molecule has 0 aromatic rings. The van der Waals surface area contributed by atoms with Gasteiger partial charge in [0, 0.05) is 13.7 Å². The molecule has 0 bridgehead atoms. The molecule has 4 nitrogen and oxygen atoms in total. The van der Waals surface area contributed by atoms with E-state index in [1.54, 1.807) is 14.0 Å². The number of nitrogens with zero attached hydrogens (tertiary/aromatic N) is 2. The lowest BCUT2D eigenvalue weighted by atomic mass is 9.97. The summed E-state index contributed by atoms with van der Waals surface area (Å²) in [5.74, 6) is -0.0239. The minimum atomic E-state index is -0.365. The highest BCUT2D eigenvalue weighted by Crippen LogP contribution is 2.25. The standard InChI is InChI=1S/C11H18N2O2/c1-4-10-9(5-6-15-10)11(14)13(3)8(2)7-12/h8-10H,4-6H2,1-3H3. The zero-order valence-corrected chi connectivity index (χ0v) is 9.56. The first kappa shape index (κ1) is 12.0. The van der Waals surface area contributed by atoms with E-state index in [1.165, 1.54) is 4.90 Å². The summed E-state index contributed by atoms with van der Waals surface area (Å²) in [6, 6.07) is 1.70. The largest absolute Gasteiger partial charge is 0.377 e. The number of ether oxygens (including phenoxy) is 1. The molecule has 0 radical (unpaired) electrons. The fraction of sp³-hybridized carbons (Fsp3) is 0.818.